The van der Waals surface area contributed by atoms with Crippen molar-refractivity contribution in [3.05, 3.63) is 53.9 Å². The van der Waals surface area contributed by atoms with Gasteiger partial charge in [-0.05, 0) is 42.0 Å². The van der Waals surface area contributed by atoms with Crippen molar-refractivity contribution >= 4 is 38.1 Å². The van der Waals surface area contributed by atoms with Gasteiger partial charge in [-0.1, -0.05) is 13.8 Å². The molecule has 1 aliphatic heterocycles. The van der Waals surface area contributed by atoms with Gasteiger partial charge in [-0.2, -0.15) is 9.40 Å². The van der Waals surface area contributed by atoms with Crippen LogP contribution in [0, 0.1) is 12.7 Å². The van der Waals surface area contributed by atoms with E-state index < -0.39 is 10.0 Å². The number of benzene rings is 1. The Bertz CT molecular complexity index is 1630. The highest BCUT2D eigenvalue weighted by Gasteiger charge is 2.35. The second kappa shape index (κ2) is 9.59. The van der Waals surface area contributed by atoms with Crippen LogP contribution < -0.4 is 10.2 Å². The molecule has 10 nitrogen and oxygen atoms in total. The number of halogens is 1. The summed E-state index contributed by atoms with van der Waals surface area (Å²) < 4.78 is 42.4. The topological polar surface area (TPSA) is 109 Å². The summed E-state index contributed by atoms with van der Waals surface area (Å²) in [6.07, 6.45) is 6.47. The third-order valence-corrected chi connectivity index (χ3v) is 8.32. The summed E-state index contributed by atoms with van der Waals surface area (Å²) in [6.45, 7) is 6.79. The number of nitrogens with zero attached hydrogens (tertiary/aromatic N) is 7. The van der Waals surface area contributed by atoms with Gasteiger partial charge < -0.3 is 10.2 Å². The highest BCUT2D eigenvalue weighted by molar-refractivity contribution is 7.88. The van der Waals surface area contributed by atoms with Crippen molar-refractivity contribution in [3.63, 3.8) is 0 Å². The molecule has 0 saturated carbocycles. The van der Waals surface area contributed by atoms with Gasteiger partial charge in [-0.25, -0.2) is 27.8 Å². The first-order valence-corrected chi connectivity index (χ1v) is 14.2. The quantitative estimate of drug-likeness (QED) is 0.378. The van der Waals surface area contributed by atoms with E-state index in [4.69, 9.17) is 0 Å². The van der Waals surface area contributed by atoms with Crippen LogP contribution in [0.15, 0.2) is 36.8 Å². The van der Waals surface area contributed by atoms with Gasteiger partial charge in [0.05, 0.1) is 23.6 Å². The molecule has 4 heterocycles. The SMILES string of the molecule is Cc1nn(C)cc1-c1nccc(Nc2cc3c(C(C)C)c(F)cc(N4CC(N(C)S(C)(=O)=O)C4)c3cn2)n1. The Labute approximate surface area is 221 Å². The molecule has 0 atom stereocenters. The number of nitrogens with one attached hydrogen (secondary N) is 1. The number of likely N-dealkylation sites (N-methyl/N-ethyl adjacent to an activating group) is 1. The lowest BCUT2D eigenvalue weighted by atomic mass is 9.94. The van der Waals surface area contributed by atoms with E-state index in [2.05, 4.69) is 25.4 Å². The summed E-state index contributed by atoms with van der Waals surface area (Å²) in [4.78, 5) is 15.6. The average Bonchev–Trinajstić information content (AvgIpc) is 3.15. The van der Waals surface area contributed by atoms with Crippen molar-refractivity contribution in [2.45, 2.75) is 32.7 Å². The molecule has 0 unspecified atom stereocenters. The normalized spacial score (nSPS) is 14.5. The van der Waals surface area contributed by atoms with Crippen molar-refractivity contribution in [2.24, 2.45) is 7.05 Å². The van der Waals surface area contributed by atoms with Gasteiger partial charge in [0.2, 0.25) is 10.0 Å². The zero-order valence-electron chi connectivity index (χ0n) is 22.3. The van der Waals surface area contributed by atoms with Crippen molar-refractivity contribution in [3.8, 4) is 11.4 Å². The van der Waals surface area contributed by atoms with Crippen molar-refractivity contribution in [1.82, 2.24) is 29.0 Å². The van der Waals surface area contributed by atoms with E-state index >= 15 is 4.39 Å². The largest absolute Gasteiger partial charge is 0.368 e. The van der Waals surface area contributed by atoms with Gasteiger partial charge in [-0.15, -0.1) is 0 Å². The van der Waals surface area contributed by atoms with E-state index in [1.54, 1.807) is 30.2 Å². The molecule has 12 heteroatoms. The van der Waals surface area contributed by atoms with Crippen molar-refractivity contribution < 1.29 is 12.8 Å². The molecule has 0 bridgehead atoms. The Morgan fingerprint density at radius 1 is 1.16 bits per heavy atom. The van der Waals surface area contributed by atoms with Gasteiger partial charge in [-0.3, -0.25) is 4.68 Å². The fourth-order valence-corrected chi connectivity index (χ4v) is 5.54. The van der Waals surface area contributed by atoms with Gasteiger partial charge in [0.25, 0.3) is 0 Å². The van der Waals surface area contributed by atoms with E-state index in [9.17, 15) is 8.42 Å². The maximum absolute atomic E-state index is 15.4. The smallest absolute Gasteiger partial charge is 0.211 e. The van der Waals surface area contributed by atoms with E-state index in [1.165, 1.54) is 16.6 Å². The second-order valence-electron chi connectivity index (χ2n) is 10.1. The molecule has 200 valence electrons. The van der Waals surface area contributed by atoms with Crippen molar-refractivity contribution in [2.75, 3.05) is 36.6 Å². The summed E-state index contributed by atoms with van der Waals surface area (Å²) in [5.74, 6) is 1.28. The number of hydrogen-bond donors (Lipinski definition) is 1. The predicted molar refractivity (Wildman–Crippen MR) is 147 cm³/mol. The maximum atomic E-state index is 15.4. The highest BCUT2D eigenvalue weighted by Crippen LogP contribution is 2.38. The van der Waals surface area contributed by atoms with Gasteiger partial charge in [0, 0.05) is 56.8 Å². The number of anilines is 3. The lowest BCUT2D eigenvalue weighted by Gasteiger charge is -2.45. The number of aryl methyl sites for hydroxylation is 2. The number of pyridine rings is 1. The van der Waals surface area contributed by atoms with Crippen LogP contribution >= 0.6 is 0 Å². The molecule has 1 saturated heterocycles. The number of fused-ring (bicyclic) bond motifs is 1. The summed E-state index contributed by atoms with van der Waals surface area (Å²) in [6, 6.07) is 4.97. The number of sulfonamides is 1. The number of rotatable bonds is 7. The number of hydrogen-bond acceptors (Lipinski definition) is 8. The van der Waals surface area contributed by atoms with E-state index in [-0.39, 0.29) is 17.8 Å². The zero-order valence-corrected chi connectivity index (χ0v) is 23.1. The third-order valence-electron chi connectivity index (χ3n) is 6.97. The van der Waals surface area contributed by atoms with E-state index in [1.807, 2.05) is 45.0 Å². The molecule has 3 aromatic heterocycles. The van der Waals surface area contributed by atoms with Gasteiger partial charge in [0.15, 0.2) is 5.82 Å². The molecule has 1 fully saturated rings. The minimum absolute atomic E-state index is 0.0542. The Kier molecular flexibility index (Phi) is 6.56. The highest BCUT2D eigenvalue weighted by atomic mass is 32.2. The monoisotopic (exact) mass is 538 g/mol. The standard InChI is InChI=1S/C26H31FN8O2S/c1-15(2)25-18-9-24(30-23-7-8-28-26(31-23)20-14-33(4)32-16(20)3)29-11-19(18)22(10-21(25)27)35-12-17(13-35)34(5)38(6,36)37/h7-11,14-15,17H,12-13H2,1-6H3,(H,28,29,30,31). The third kappa shape index (κ3) is 4.81. The lowest BCUT2D eigenvalue weighted by Crippen LogP contribution is -2.59. The number of aromatic nitrogens is 5. The van der Waals surface area contributed by atoms with Crippen LogP contribution in [0.5, 0.6) is 0 Å². The van der Waals surface area contributed by atoms with Gasteiger partial charge >= 0.3 is 0 Å². The molecule has 0 radical (unpaired) electrons. The molecule has 0 spiro atoms. The van der Waals surface area contributed by atoms with Crippen LogP contribution in [-0.2, 0) is 17.1 Å². The Morgan fingerprint density at radius 3 is 2.53 bits per heavy atom. The molecular formula is C26H31FN8O2S. The molecule has 0 aliphatic carbocycles. The van der Waals surface area contributed by atoms with Crippen LogP contribution in [0.2, 0.25) is 0 Å². The first-order valence-electron chi connectivity index (χ1n) is 12.3. The van der Waals surface area contributed by atoms with Crippen LogP contribution in [0.25, 0.3) is 22.2 Å². The molecule has 5 rings (SSSR count). The lowest BCUT2D eigenvalue weighted by molar-refractivity contribution is 0.313. The predicted octanol–water partition coefficient (Wildman–Crippen LogP) is 3.82. The first kappa shape index (κ1) is 26.0. The average molecular weight is 539 g/mol. The minimum atomic E-state index is -3.30. The van der Waals surface area contributed by atoms with E-state index in [0.717, 1.165) is 22.0 Å². The molecule has 1 aromatic carbocycles. The zero-order chi connectivity index (χ0) is 27.4. The fourth-order valence-electron chi connectivity index (χ4n) is 4.86. The van der Waals surface area contributed by atoms with Crippen LogP contribution in [0.3, 0.4) is 0 Å². The fraction of sp³-hybridized carbons (Fsp3) is 0.385. The molecule has 4 aromatic rings. The summed E-state index contributed by atoms with van der Waals surface area (Å²) in [7, 11) is 0.126. The first-order chi connectivity index (χ1) is 17.9. The Morgan fingerprint density at radius 2 is 1.89 bits per heavy atom. The van der Waals surface area contributed by atoms with Crippen molar-refractivity contribution in [1.29, 1.82) is 0 Å². The summed E-state index contributed by atoms with van der Waals surface area (Å²) in [5.41, 5.74) is 2.98. The second-order valence-corrected chi connectivity index (χ2v) is 12.1. The molecule has 1 aliphatic rings. The minimum Gasteiger partial charge on any atom is -0.368 e. The van der Waals surface area contributed by atoms with Gasteiger partial charge in [0.1, 0.15) is 17.5 Å². The summed E-state index contributed by atoms with van der Waals surface area (Å²) >= 11 is 0. The molecule has 38 heavy (non-hydrogen) atoms. The van der Waals surface area contributed by atoms with Crippen LogP contribution in [-0.4, -0.2) is 69.9 Å². The summed E-state index contributed by atoms with van der Waals surface area (Å²) in [5, 5.41) is 9.17. The maximum Gasteiger partial charge on any atom is 0.211 e. The molecule has 0 amide bonds. The molecular weight excluding hydrogens is 507 g/mol. The van der Waals surface area contributed by atoms with Crippen LogP contribution in [0.1, 0.15) is 31.0 Å². The Hall–Kier alpha value is -3.64. The molecule has 1 N–H and O–H groups in total. The Balaban J connectivity index is 1.48. The van der Waals surface area contributed by atoms with E-state index in [0.29, 0.717) is 41.8 Å². The van der Waals surface area contributed by atoms with Crippen LogP contribution in [0.4, 0.5) is 21.7 Å².